The molecule has 38 heavy (non-hydrogen) atoms. The molecule has 1 N–H and O–H groups in total. The van der Waals surface area contributed by atoms with E-state index in [1.165, 1.54) is 21.9 Å². The maximum Gasteiger partial charge on any atom is 0.354 e. The van der Waals surface area contributed by atoms with Gasteiger partial charge in [-0.2, -0.15) is 0 Å². The fourth-order valence-corrected chi connectivity index (χ4v) is 5.26. The normalized spacial score (nSPS) is 17.6. The van der Waals surface area contributed by atoms with Crippen molar-refractivity contribution >= 4 is 22.6 Å². The lowest BCUT2D eigenvalue weighted by atomic mass is 9.81. The third-order valence-electron chi connectivity index (χ3n) is 7.29. The van der Waals surface area contributed by atoms with Gasteiger partial charge in [-0.05, 0) is 66.1 Å². The standard InChI is InChI=1S/C34H33NO3/c36-33(27-16-5-2-6-17-27)35-31(20-11-14-25-12-3-1-4-13-25)34(37)38-32-21-10-9-19-30(32)29-23-22-26-15-7-8-18-28(26)24-29/h1-8,12-13,15-18,20,22-24,30,32H,9-11,14,19,21H2,(H,35,36)/b31-20-/t30-,32+/m0/s1. The van der Waals surface area contributed by atoms with E-state index >= 15 is 0 Å². The molecule has 1 aliphatic rings. The van der Waals surface area contributed by atoms with Crippen LogP contribution in [0.15, 0.2) is 115 Å². The summed E-state index contributed by atoms with van der Waals surface area (Å²) >= 11 is 0. The van der Waals surface area contributed by atoms with Crippen molar-refractivity contribution in [2.24, 2.45) is 0 Å². The van der Waals surface area contributed by atoms with E-state index in [0.717, 1.165) is 32.1 Å². The van der Waals surface area contributed by atoms with Crippen LogP contribution in [0.3, 0.4) is 0 Å². The van der Waals surface area contributed by atoms with Gasteiger partial charge < -0.3 is 10.1 Å². The minimum Gasteiger partial charge on any atom is -0.457 e. The number of aryl methyl sites for hydroxylation is 1. The van der Waals surface area contributed by atoms with Gasteiger partial charge in [0.05, 0.1) is 0 Å². The Hall–Kier alpha value is -4.18. The zero-order valence-electron chi connectivity index (χ0n) is 21.5. The van der Waals surface area contributed by atoms with E-state index in [-0.39, 0.29) is 23.6 Å². The molecule has 4 heteroatoms. The number of hydrogen-bond acceptors (Lipinski definition) is 3. The molecule has 0 unspecified atom stereocenters. The minimum absolute atomic E-state index is 0.132. The van der Waals surface area contributed by atoms with Crippen LogP contribution in [0.25, 0.3) is 10.8 Å². The van der Waals surface area contributed by atoms with Crippen LogP contribution in [0.2, 0.25) is 0 Å². The lowest BCUT2D eigenvalue weighted by molar-refractivity contribution is -0.147. The largest absolute Gasteiger partial charge is 0.457 e. The average molecular weight is 504 g/mol. The summed E-state index contributed by atoms with van der Waals surface area (Å²) in [4.78, 5) is 26.4. The Morgan fingerprint density at radius 3 is 2.26 bits per heavy atom. The molecular formula is C34H33NO3. The number of fused-ring (bicyclic) bond motifs is 1. The molecule has 4 aromatic rings. The summed E-state index contributed by atoms with van der Waals surface area (Å²) in [6.45, 7) is 0. The molecule has 0 aliphatic heterocycles. The van der Waals surface area contributed by atoms with E-state index in [1.54, 1.807) is 18.2 Å². The van der Waals surface area contributed by atoms with Crippen molar-refractivity contribution in [3.63, 3.8) is 0 Å². The topological polar surface area (TPSA) is 55.4 Å². The number of rotatable bonds is 8. The van der Waals surface area contributed by atoms with E-state index in [1.807, 2.05) is 48.5 Å². The fraction of sp³-hybridized carbons (Fsp3) is 0.235. The zero-order chi connectivity index (χ0) is 26.2. The van der Waals surface area contributed by atoms with Crippen LogP contribution in [-0.4, -0.2) is 18.0 Å². The summed E-state index contributed by atoms with van der Waals surface area (Å²) in [6.07, 6.45) is 6.85. The van der Waals surface area contributed by atoms with Gasteiger partial charge in [0.15, 0.2) is 0 Å². The molecule has 1 amide bonds. The van der Waals surface area contributed by atoms with Crippen LogP contribution in [0.5, 0.6) is 0 Å². The Balaban J connectivity index is 1.34. The summed E-state index contributed by atoms with van der Waals surface area (Å²) in [5.74, 6) is -0.657. The Labute approximate surface area is 224 Å². The Kier molecular flexibility index (Phi) is 8.29. The first-order chi connectivity index (χ1) is 18.7. The highest BCUT2D eigenvalue weighted by Crippen LogP contribution is 2.36. The number of carbonyl (C=O) groups excluding carboxylic acids is 2. The third kappa shape index (κ3) is 6.38. The molecule has 192 valence electrons. The number of allylic oxidation sites excluding steroid dienone is 1. The molecule has 5 rings (SSSR count). The number of carbonyl (C=O) groups is 2. The molecule has 1 saturated carbocycles. The lowest BCUT2D eigenvalue weighted by Crippen LogP contribution is -2.34. The quantitative estimate of drug-likeness (QED) is 0.202. The van der Waals surface area contributed by atoms with E-state index in [0.29, 0.717) is 12.0 Å². The second-order valence-electron chi connectivity index (χ2n) is 9.90. The smallest absolute Gasteiger partial charge is 0.354 e. The molecule has 1 fully saturated rings. The fourth-order valence-electron chi connectivity index (χ4n) is 5.26. The van der Waals surface area contributed by atoms with Gasteiger partial charge in [-0.3, -0.25) is 4.79 Å². The van der Waals surface area contributed by atoms with E-state index in [4.69, 9.17) is 4.74 Å². The molecule has 2 atom stereocenters. The third-order valence-corrected chi connectivity index (χ3v) is 7.29. The maximum absolute atomic E-state index is 13.5. The highest BCUT2D eigenvalue weighted by Gasteiger charge is 2.31. The summed E-state index contributed by atoms with van der Waals surface area (Å²) in [5, 5.41) is 5.23. The van der Waals surface area contributed by atoms with Crippen LogP contribution >= 0.6 is 0 Å². The van der Waals surface area contributed by atoms with Crippen molar-refractivity contribution in [1.82, 2.24) is 5.32 Å². The first-order valence-corrected chi connectivity index (χ1v) is 13.5. The predicted molar refractivity (Wildman–Crippen MR) is 152 cm³/mol. The van der Waals surface area contributed by atoms with Gasteiger partial charge in [-0.25, -0.2) is 4.79 Å². The first-order valence-electron chi connectivity index (χ1n) is 13.5. The monoisotopic (exact) mass is 503 g/mol. The van der Waals surface area contributed by atoms with Crippen LogP contribution in [0.4, 0.5) is 0 Å². The highest BCUT2D eigenvalue weighted by atomic mass is 16.5. The van der Waals surface area contributed by atoms with E-state index < -0.39 is 5.97 Å². The second-order valence-corrected chi connectivity index (χ2v) is 9.90. The molecule has 0 radical (unpaired) electrons. The molecule has 4 nitrogen and oxygen atoms in total. The van der Waals surface area contributed by atoms with Crippen molar-refractivity contribution in [1.29, 1.82) is 0 Å². The summed E-state index contributed by atoms with van der Waals surface area (Å²) in [7, 11) is 0. The van der Waals surface area contributed by atoms with Gasteiger partial charge in [0.2, 0.25) is 0 Å². The van der Waals surface area contributed by atoms with E-state index in [9.17, 15) is 9.59 Å². The molecule has 0 aromatic heterocycles. The van der Waals surface area contributed by atoms with Crippen molar-refractivity contribution in [2.45, 2.75) is 50.5 Å². The summed E-state index contributed by atoms with van der Waals surface area (Å²) in [6, 6.07) is 33.9. The molecule has 1 aliphatic carbocycles. The van der Waals surface area contributed by atoms with Gasteiger partial charge >= 0.3 is 5.97 Å². The number of amides is 1. The number of esters is 1. The Bertz CT molecular complexity index is 1410. The lowest BCUT2D eigenvalue weighted by Gasteiger charge is -2.32. The van der Waals surface area contributed by atoms with Crippen LogP contribution in [0.1, 0.15) is 59.5 Å². The van der Waals surface area contributed by atoms with Crippen LogP contribution in [0, 0.1) is 0 Å². The van der Waals surface area contributed by atoms with Gasteiger partial charge in [0.1, 0.15) is 11.8 Å². The summed E-state index contributed by atoms with van der Waals surface area (Å²) < 4.78 is 6.15. The zero-order valence-corrected chi connectivity index (χ0v) is 21.5. The van der Waals surface area contributed by atoms with Gasteiger partial charge in [0, 0.05) is 11.5 Å². The maximum atomic E-state index is 13.5. The van der Waals surface area contributed by atoms with E-state index in [2.05, 4.69) is 47.8 Å². The first kappa shape index (κ1) is 25.5. The Morgan fingerprint density at radius 2 is 1.47 bits per heavy atom. The Morgan fingerprint density at radius 1 is 0.789 bits per heavy atom. The van der Waals surface area contributed by atoms with Crippen molar-refractivity contribution in [3.05, 3.63) is 132 Å². The highest BCUT2D eigenvalue weighted by molar-refractivity contribution is 6.01. The van der Waals surface area contributed by atoms with Crippen molar-refractivity contribution < 1.29 is 14.3 Å². The van der Waals surface area contributed by atoms with Crippen LogP contribution < -0.4 is 5.32 Å². The second kappa shape index (κ2) is 12.4. The number of hydrogen-bond donors (Lipinski definition) is 1. The molecule has 4 aromatic carbocycles. The summed E-state index contributed by atoms with van der Waals surface area (Å²) in [5.41, 5.74) is 3.08. The molecular weight excluding hydrogens is 470 g/mol. The molecule has 0 spiro atoms. The predicted octanol–water partition coefficient (Wildman–Crippen LogP) is 7.36. The van der Waals surface area contributed by atoms with Crippen molar-refractivity contribution in [3.8, 4) is 0 Å². The van der Waals surface area contributed by atoms with Gasteiger partial charge in [-0.15, -0.1) is 0 Å². The number of ether oxygens (including phenoxy) is 1. The molecule has 0 bridgehead atoms. The molecule has 0 heterocycles. The van der Waals surface area contributed by atoms with Gasteiger partial charge in [-0.1, -0.05) is 103 Å². The van der Waals surface area contributed by atoms with Crippen molar-refractivity contribution in [2.75, 3.05) is 0 Å². The number of benzene rings is 4. The van der Waals surface area contributed by atoms with Crippen LogP contribution in [-0.2, 0) is 16.0 Å². The molecule has 0 saturated heterocycles. The minimum atomic E-state index is -0.472. The van der Waals surface area contributed by atoms with Gasteiger partial charge in [0.25, 0.3) is 5.91 Å². The SMILES string of the molecule is O=C(O[C@@H]1CCCC[C@H]1c1ccc2ccccc2c1)/C(=C/CCc1ccccc1)NC(=O)c1ccccc1. The number of nitrogens with one attached hydrogen (secondary N) is 1. The average Bonchev–Trinajstić information content (AvgIpc) is 2.97.